The Morgan fingerprint density at radius 2 is 1.89 bits per heavy atom. The molecule has 0 spiro atoms. The van der Waals surface area contributed by atoms with Crippen molar-refractivity contribution in [3.63, 3.8) is 0 Å². The standard InChI is InChI=1S/C15H30N2O2/c1-6-19-15(18)14(16-11(2)3)10-17-8-12(4)7-13(5)9-17/h11-14,16H,6-10H2,1-5H3. The Morgan fingerprint density at radius 3 is 2.37 bits per heavy atom. The van der Waals surface area contributed by atoms with Crippen LogP contribution in [0.15, 0.2) is 0 Å². The van der Waals surface area contributed by atoms with Crippen molar-refractivity contribution in [2.75, 3.05) is 26.2 Å². The Bertz CT molecular complexity index is 271. The molecule has 112 valence electrons. The average Bonchev–Trinajstić information content (AvgIpc) is 2.26. The second kappa shape index (κ2) is 7.85. The molecule has 0 aromatic carbocycles. The van der Waals surface area contributed by atoms with Gasteiger partial charge in [0.15, 0.2) is 0 Å². The summed E-state index contributed by atoms with van der Waals surface area (Å²) in [6.07, 6.45) is 1.29. The van der Waals surface area contributed by atoms with E-state index in [-0.39, 0.29) is 18.1 Å². The number of likely N-dealkylation sites (tertiary alicyclic amines) is 1. The predicted molar refractivity (Wildman–Crippen MR) is 78.1 cm³/mol. The third-order valence-corrected chi connectivity index (χ3v) is 3.49. The van der Waals surface area contributed by atoms with Gasteiger partial charge in [0.25, 0.3) is 0 Å². The van der Waals surface area contributed by atoms with Crippen molar-refractivity contribution in [2.24, 2.45) is 11.8 Å². The maximum atomic E-state index is 12.0. The van der Waals surface area contributed by atoms with E-state index in [0.29, 0.717) is 18.4 Å². The predicted octanol–water partition coefficient (Wildman–Crippen LogP) is 1.89. The largest absolute Gasteiger partial charge is 0.465 e. The first-order valence-electron chi connectivity index (χ1n) is 7.57. The molecule has 1 N–H and O–H groups in total. The van der Waals surface area contributed by atoms with E-state index >= 15 is 0 Å². The van der Waals surface area contributed by atoms with Gasteiger partial charge in [0, 0.05) is 25.7 Å². The van der Waals surface area contributed by atoms with Crippen molar-refractivity contribution in [2.45, 2.75) is 53.1 Å². The molecule has 4 heteroatoms. The Hall–Kier alpha value is -0.610. The van der Waals surface area contributed by atoms with Gasteiger partial charge in [0.2, 0.25) is 0 Å². The number of nitrogens with zero attached hydrogens (tertiary/aromatic N) is 1. The minimum absolute atomic E-state index is 0.123. The van der Waals surface area contributed by atoms with Crippen molar-refractivity contribution in [1.29, 1.82) is 0 Å². The summed E-state index contributed by atoms with van der Waals surface area (Å²) >= 11 is 0. The Morgan fingerprint density at radius 1 is 1.32 bits per heavy atom. The molecule has 0 bridgehead atoms. The topological polar surface area (TPSA) is 41.6 Å². The van der Waals surface area contributed by atoms with E-state index < -0.39 is 0 Å². The van der Waals surface area contributed by atoms with Crippen molar-refractivity contribution < 1.29 is 9.53 Å². The van der Waals surface area contributed by atoms with Gasteiger partial charge in [-0.1, -0.05) is 27.7 Å². The monoisotopic (exact) mass is 270 g/mol. The molecule has 1 fully saturated rings. The number of hydrogen-bond donors (Lipinski definition) is 1. The third-order valence-electron chi connectivity index (χ3n) is 3.49. The van der Waals surface area contributed by atoms with Crippen LogP contribution in [0.25, 0.3) is 0 Å². The summed E-state index contributed by atoms with van der Waals surface area (Å²) in [6.45, 7) is 13.9. The molecule has 0 amide bonds. The van der Waals surface area contributed by atoms with Crippen molar-refractivity contribution in [3.05, 3.63) is 0 Å². The van der Waals surface area contributed by atoms with Gasteiger partial charge in [0.1, 0.15) is 6.04 Å². The van der Waals surface area contributed by atoms with Crippen LogP contribution >= 0.6 is 0 Å². The van der Waals surface area contributed by atoms with E-state index in [1.165, 1.54) is 6.42 Å². The van der Waals surface area contributed by atoms with Gasteiger partial charge in [0.05, 0.1) is 6.61 Å². The van der Waals surface area contributed by atoms with E-state index in [9.17, 15) is 4.79 Å². The first kappa shape index (κ1) is 16.4. The molecule has 0 radical (unpaired) electrons. The number of hydrogen-bond acceptors (Lipinski definition) is 4. The molecule has 3 unspecified atom stereocenters. The van der Waals surface area contributed by atoms with Gasteiger partial charge in [-0.25, -0.2) is 0 Å². The van der Waals surface area contributed by atoms with Crippen LogP contribution in [0.4, 0.5) is 0 Å². The van der Waals surface area contributed by atoms with E-state index in [0.717, 1.165) is 19.6 Å². The van der Waals surface area contributed by atoms with Crippen LogP contribution in [0.5, 0.6) is 0 Å². The first-order chi connectivity index (χ1) is 8.92. The quantitative estimate of drug-likeness (QED) is 0.749. The zero-order valence-electron chi connectivity index (χ0n) is 13.1. The Labute approximate surface area is 117 Å². The van der Waals surface area contributed by atoms with Gasteiger partial charge in [-0.05, 0) is 25.2 Å². The highest BCUT2D eigenvalue weighted by Gasteiger charge is 2.28. The van der Waals surface area contributed by atoms with E-state index in [1.807, 2.05) is 6.92 Å². The van der Waals surface area contributed by atoms with Crippen molar-refractivity contribution >= 4 is 5.97 Å². The highest BCUT2D eigenvalue weighted by atomic mass is 16.5. The molecule has 0 aliphatic carbocycles. The van der Waals surface area contributed by atoms with Crippen molar-refractivity contribution in [1.82, 2.24) is 10.2 Å². The van der Waals surface area contributed by atoms with E-state index in [1.54, 1.807) is 0 Å². The second-order valence-corrected chi connectivity index (χ2v) is 6.29. The Balaban J connectivity index is 2.57. The summed E-state index contributed by atoms with van der Waals surface area (Å²) in [5, 5.41) is 3.33. The van der Waals surface area contributed by atoms with Crippen LogP contribution in [-0.2, 0) is 9.53 Å². The number of carbonyl (C=O) groups excluding carboxylic acids is 1. The highest BCUT2D eigenvalue weighted by molar-refractivity contribution is 5.76. The highest BCUT2D eigenvalue weighted by Crippen LogP contribution is 2.21. The summed E-state index contributed by atoms with van der Waals surface area (Å²) < 4.78 is 5.17. The molecule has 0 aromatic rings. The molecule has 0 aromatic heterocycles. The molecule has 1 rings (SSSR count). The molecule has 1 aliphatic rings. The molecule has 1 saturated heterocycles. The first-order valence-corrected chi connectivity index (χ1v) is 7.57. The zero-order valence-corrected chi connectivity index (χ0v) is 13.1. The molecule has 4 nitrogen and oxygen atoms in total. The summed E-state index contributed by atoms with van der Waals surface area (Å²) in [5.41, 5.74) is 0. The maximum Gasteiger partial charge on any atom is 0.324 e. The fraction of sp³-hybridized carbons (Fsp3) is 0.933. The third kappa shape index (κ3) is 5.91. The van der Waals surface area contributed by atoms with Crippen molar-refractivity contribution in [3.8, 4) is 0 Å². The van der Waals surface area contributed by atoms with Gasteiger partial charge >= 0.3 is 5.97 Å². The van der Waals surface area contributed by atoms with Crippen LogP contribution in [0.2, 0.25) is 0 Å². The molecule has 3 atom stereocenters. The lowest BCUT2D eigenvalue weighted by Crippen LogP contribution is -2.52. The minimum Gasteiger partial charge on any atom is -0.465 e. The van der Waals surface area contributed by atoms with E-state index in [2.05, 4.69) is 37.9 Å². The van der Waals surface area contributed by atoms with Gasteiger partial charge < -0.3 is 15.0 Å². The number of piperidine rings is 1. The number of nitrogens with one attached hydrogen (secondary N) is 1. The Kier molecular flexibility index (Phi) is 6.80. The molecule has 0 saturated carbocycles. The summed E-state index contributed by atoms with van der Waals surface area (Å²) in [6, 6.07) is 0.0755. The lowest BCUT2D eigenvalue weighted by molar-refractivity contribution is -0.146. The second-order valence-electron chi connectivity index (χ2n) is 6.29. The normalized spacial score (nSPS) is 26.4. The zero-order chi connectivity index (χ0) is 14.4. The minimum atomic E-state index is -0.211. The molecule has 1 aliphatic heterocycles. The fourth-order valence-electron chi connectivity index (χ4n) is 3.04. The lowest BCUT2D eigenvalue weighted by Gasteiger charge is -2.36. The van der Waals surface area contributed by atoms with E-state index in [4.69, 9.17) is 4.74 Å². The number of ether oxygens (including phenoxy) is 1. The SMILES string of the molecule is CCOC(=O)C(CN1CC(C)CC(C)C1)NC(C)C. The van der Waals surface area contributed by atoms with Crippen LogP contribution in [0.1, 0.15) is 41.0 Å². The number of rotatable bonds is 6. The summed E-state index contributed by atoms with van der Waals surface area (Å²) in [4.78, 5) is 14.4. The van der Waals surface area contributed by atoms with Gasteiger partial charge in [-0.2, -0.15) is 0 Å². The van der Waals surface area contributed by atoms with Crippen LogP contribution in [0, 0.1) is 11.8 Å². The van der Waals surface area contributed by atoms with Gasteiger partial charge in [-0.15, -0.1) is 0 Å². The lowest BCUT2D eigenvalue weighted by atomic mass is 9.91. The number of esters is 1. The maximum absolute atomic E-state index is 12.0. The summed E-state index contributed by atoms with van der Waals surface area (Å²) in [7, 11) is 0. The number of carbonyl (C=O) groups is 1. The summed E-state index contributed by atoms with van der Waals surface area (Å²) in [5.74, 6) is 1.30. The average molecular weight is 270 g/mol. The molecule has 19 heavy (non-hydrogen) atoms. The smallest absolute Gasteiger partial charge is 0.324 e. The fourth-order valence-corrected chi connectivity index (χ4v) is 3.04. The van der Waals surface area contributed by atoms with Gasteiger partial charge in [-0.3, -0.25) is 4.79 Å². The van der Waals surface area contributed by atoms with Crippen LogP contribution < -0.4 is 5.32 Å². The van der Waals surface area contributed by atoms with Crippen LogP contribution in [0.3, 0.4) is 0 Å². The molecular weight excluding hydrogens is 240 g/mol. The van der Waals surface area contributed by atoms with Crippen LogP contribution in [-0.4, -0.2) is 49.2 Å². The molecular formula is C15H30N2O2. The molecule has 1 heterocycles.